The number of nitrogens with two attached hydrogens (primary N) is 1. The molecule has 1 aromatic heterocycles. The van der Waals surface area contributed by atoms with E-state index in [0.717, 1.165) is 43.8 Å². The molecule has 2 aromatic rings. The number of piperidine rings is 1. The molecule has 1 fully saturated rings. The Morgan fingerprint density at radius 2 is 1.92 bits per heavy atom. The van der Waals surface area contributed by atoms with Crippen molar-refractivity contribution in [3.05, 3.63) is 52.2 Å². The van der Waals surface area contributed by atoms with E-state index in [4.69, 9.17) is 5.73 Å². The summed E-state index contributed by atoms with van der Waals surface area (Å²) < 4.78 is 27.6. The number of primary amides is 1. The average Bonchev–Trinajstić information content (AvgIpc) is 3.09. The zero-order chi connectivity index (χ0) is 17.9. The van der Waals surface area contributed by atoms with E-state index < -0.39 is 15.9 Å². The van der Waals surface area contributed by atoms with Crippen LogP contribution in [0.4, 0.5) is 0 Å². The van der Waals surface area contributed by atoms with Crippen molar-refractivity contribution in [1.29, 1.82) is 0 Å². The lowest BCUT2D eigenvalue weighted by Gasteiger charge is -2.32. The van der Waals surface area contributed by atoms with Crippen molar-refractivity contribution >= 4 is 27.3 Å². The Morgan fingerprint density at radius 1 is 1.24 bits per heavy atom. The zero-order valence-corrected chi connectivity index (χ0v) is 15.4. The normalized spacial score (nSPS) is 16.8. The van der Waals surface area contributed by atoms with Gasteiger partial charge in [-0.15, -0.1) is 11.3 Å². The third-order valence-corrected chi connectivity index (χ3v) is 6.88. The maximum absolute atomic E-state index is 12.4. The van der Waals surface area contributed by atoms with Gasteiger partial charge >= 0.3 is 0 Å². The Morgan fingerprint density at radius 3 is 2.52 bits per heavy atom. The average molecular weight is 380 g/mol. The van der Waals surface area contributed by atoms with Crippen molar-refractivity contribution in [1.82, 2.24) is 9.62 Å². The molecule has 0 spiro atoms. The van der Waals surface area contributed by atoms with Crippen LogP contribution in [0.15, 0.2) is 46.7 Å². The van der Waals surface area contributed by atoms with Crippen LogP contribution in [0.25, 0.3) is 0 Å². The molecule has 6 nitrogen and oxygen atoms in total. The number of carbonyl (C=O) groups is 1. The molecule has 134 valence electrons. The number of nitrogens with zero attached hydrogens (tertiary/aromatic N) is 1. The summed E-state index contributed by atoms with van der Waals surface area (Å²) in [5, 5.41) is 1.45. The third kappa shape index (κ3) is 4.66. The molecule has 0 atom stereocenters. The molecule has 2 heterocycles. The SMILES string of the molecule is NC(=O)c1cc(S(=O)(=O)NC2CCN(Cc3ccccc3)CC2)cs1. The molecule has 0 bridgehead atoms. The lowest BCUT2D eigenvalue weighted by Crippen LogP contribution is -2.44. The zero-order valence-electron chi connectivity index (χ0n) is 13.7. The minimum Gasteiger partial charge on any atom is -0.365 e. The molecule has 3 N–H and O–H groups in total. The second kappa shape index (κ2) is 7.65. The number of benzene rings is 1. The van der Waals surface area contributed by atoms with Gasteiger partial charge in [-0.1, -0.05) is 30.3 Å². The molecule has 1 aliphatic heterocycles. The molecular weight excluding hydrogens is 358 g/mol. The molecule has 1 aliphatic rings. The van der Waals surface area contributed by atoms with Gasteiger partial charge < -0.3 is 5.73 Å². The van der Waals surface area contributed by atoms with E-state index in [2.05, 4.69) is 21.8 Å². The Hall–Kier alpha value is -1.74. The van der Waals surface area contributed by atoms with Crippen LogP contribution in [0.2, 0.25) is 0 Å². The van der Waals surface area contributed by atoms with E-state index in [9.17, 15) is 13.2 Å². The molecule has 3 rings (SSSR count). The highest BCUT2D eigenvalue weighted by atomic mass is 32.2. The topological polar surface area (TPSA) is 92.5 Å². The molecule has 1 aromatic carbocycles. The number of carbonyl (C=O) groups excluding carboxylic acids is 1. The maximum atomic E-state index is 12.4. The fourth-order valence-electron chi connectivity index (χ4n) is 2.93. The van der Waals surface area contributed by atoms with Gasteiger partial charge in [0.15, 0.2) is 0 Å². The summed E-state index contributed by atoms with van der Waals surface area (Å²) in [6.45, 7) is 2.57. The van der Waals surface area contributed by atoms with E-state index >= 15 is 0 Å². The molecule has 25 heavy (non-hydrogen) atoms. The van der Waals surface area contributed by atoms with Crippen molar-refractivity contribution in [2.75, 3.05) is 13.1 Å². The summed E-state index contributed by atoms with van der Waals surface area (Å²) in [5.74, 6) is -0.610. The van der Waals surface area contributed by atoms with Gasteiger partial charge in [0, 0.05) is 31.1 Å². The smallest absolute Gasteiger partial charge is 0.258 e. The van der Waals surface area contributed by atoms with Crippen LogP contribution < -0.4 is 10.5 Å². The first-order valence-electron chi connectivity index (χ1n) is 8.11. The van der Waals surface area contributed by atoms with Gasteiger partial charge in [-0.25, -0.2) is 13.1 Å². The highest BCUT2D eigenvalue weighted by Gasteiger charge is 2.25. The summed E-state index contributed by atoms with van der Waals surface area (Å²) in [7, 11) is -3.61. The van der Waals surface area contributed by atoms with Gasteiger partial charge in [-0.3, -0.25) is 9.69 Å². The van der Waals surface area contributed by atoms with Gasteiger partial charge in [0.1, 0.15) is 0 Å². The number of likely N-dealkylation sites (tertiary alicyclic amines) is 1. The second-order valence-corrected chi connectivity index (χ2v) is 8.79. The number of thiophene rings is 1. The van der Waals surface area contributed by atoms with E-state index in [0.29, 0.717) is 0 Å². The first-order chi connectivity index (χ1) is 11.9. The van der Waals surface area contributed by atoms with Gasteiger partial charge in [0.2, 0.25) is 10.0 Å². The number of hydrogen-bond acceptors (Lipinski definition) is 5. The predicted octanol–water partition coefficient (Wildman–Crippen LogP) is 1.79. The third-order valence-electron chi connectivity index (χ3n) is 4.29. The second-order valence-electron chi connectivity index (χ2n) is 6.17. The van der Waals surface area contributed by atoms with Crippen LogP contribution in [0.1, 0.15) is 28.1 Å². The monoisotopic (exact) mass is 379 g/mol. The molecule has 1 amide bonds. The molecular formula is C17H21N3O3S2. The van der Waals surface area contributed by atoms with Crippen molar-refractivity contribution in [2.24, 2.45) is 5.73 Å². The Balaban J connectivity index is 1.55. The molecule has 0 radical (unpaired) electrons. The fourth-order valence-corrected chi connectivity index (χ4v) is 5.36. The van der Waals surface area contributed by atoms with Crippen molar-refractivity contribution in [3.63, 3.8) is 0 Å². The summed E-state index contributed by atoms with van der Waals surface area (Å²) in [4.78, 5) is 13.8. The molecule has 0 saturated carbocycles. The summed E-state index contributed by atoms with van der Waals surface area (Å²) >= 11 is 1.05. The highest BCUT2D eigenvalue weighted by molar-refractivity contribution is 7.89. The molecule has 8 heteroatoms. The highest BCUT2D eigenvalue weighted by Crippen LogP contribution is 2.21. The van der Waals surface area contributed by atoms with Crippen molar-refractivity contribution in [2.45, 2.75) is 30.3 Å². The quantitative estimate of drug-likeness (QED) is 0.800. The van der Waals surface area contributed by atoms with E-state index in [-0.39, 0.29) is 15.8 Å². The number of sulfonamides is 1. The standard InChI is InChI=1S/C17H21N3O3S2/c18-17(21)16-10-15(12-24-16)25(22,23)19-14-6-8-20(9-7-14)11-13-4-2-1-3-5-13/h1-5,10,12,14,19H,6-9,11H2,(H2,18,21). The summed E-state index contributed by atoms with van der Waals surface area (Å²) in [5.41, 5.74) is 6.45. The van der Waals surface area contributed by atoms with Crippen LogP contribution in [-0.4, -0.2) is 38.4 Å². The van der Waals surface area contributed by atoms with Gasteiger partial charge in [-0.2, -0.15) is 0 Å². The minimum atomic E-state index is -3.61. The number of amides is 1. The lowest BCUT2D eigenvalue weighted by molar-refractivity contribution is 0.100. The molecule has 0 unspecified atom stereocenters. The lowest BCUT2D eigenvalue weighted by atomic mass is 10.1. The first-order valence-corrected chi connectivity index (χ1v) is 10.5. The van der Waals surface area contributed by atoms with Crippen LogP contribution in [0, 0.1) is 0 Å². The number of hydrogen-bond donors (Lipinski definition) is 2. The van der Waals surface area contributed by atoms with E-state index in [1.54, 1.807) is 0 Å². The van der Waals surface area contributed by atoms with Crippen molar-refractivity contribution < 1.29 is 13.2 Å². The van der Waals surface area contributed by atoms with Gasteiger partial charge in [0.25, 0.3) is 5.91 Å². The summed E-state index contributed by atoms with van der Waals surface area (Å²) in [6.07, 6.45) is 1.53. The first kappa shape index (κ1) is 18.1. The van der Waals surface area contributed by atoms with Crippen LogP contribution in [0.3, 0.4) is 0 Å². The van der Waals surface area contributed by atoms with Crippen LogP contribution in [-0.2, 0) is 16.6 Å². The van der Waals surface area contributed by atoms with E-state index in [1.165, 1.54) is 17.0 Å². The predicted molar refractivity (Wildman–Crippen MR) is 97.9 cm³/mol. The molecule has 1 saturated heterocycles. The fraction of sp³-hybridized carbons (Fsp3) is 0.353. The number of rotatable bonds is 6. The van der Waals surface area contributed by atoms with Crippen LogP contribution in [0.5, 0.6) is 0 Å². The Bertz CT molecular complexity index is 826. The van der Waals surface area contributed by atoms with Crippen LogP contribution >= 0.6 is 11.3 Å². The van der Waals surface area contributed by atoms with E-state index in [1.807, 2.05) is 18.2 Å². The Kier molecular flexibility index (Phi) is 5.53. The minimum absolute atomic E-state index is 0.0889. The van der Waals surface area contributed by atoms with Crippen molar-refractivity contribution in [3.8, 4) is 0 Å². The number of nitrogens with one attached hydrogen (secondary N) is 1. The van der Waals surface area contributed by atoms with Gasteiger partial charge in [-0.05, 0) is 24.5 Å². The molecule has 0 aliphatic carbocycles. The summed E-state index contributed by atoms with van der Waals surface area (Å²) in [6, 6.07) is 11.5. The van der Waals surface area contributed by atoms with Gasteiger partial charge in [0.05, 0.1) is 9.77 Å². The largest absolute Gasteiger partial charge is 0.365 e. The maximum Gasteiger partial charge on any atom is 0.258 e. The Labute approximate surface area is 151 Å².